The van der Waals surface area contributed by atoms with E-state index in [2.05, 4.69) is 0 Å². The lowest BCUT2D eigenvalue weighted by atomic mass is 9.92. The molecule has 108 valence electrons. The van der Waals surface area contributed by atoms with Crippen LogP contribution in [0.5, 0.6) is 5.75 Å². The Balaban J connectivity index is 2.06. The van der Waals surface area contributed by atoms with Gasteiger partial charge in [0.2, 0.25) is 5.91 Å². The highest BCUT2D eigenvalue weighted by Gasteiger charge is 2.34. The Morgan fingerprint density at radius 3 is 2.55 bits per heavy atom. The number of amides is 1. The van der Waals surface area contributed by atoms with E-state index in [1.807, 2.05) is 6.92 Å². The quantitative estimate of drug-likeness (QED) is 0.880. The molecule has 0 radical (unpaired) electrons. The largest absolute Gasteiger partial charge is 0.508 e. The molecule has 5 nitrogen and oxygen atoms in total. The number of likely N-dealkylation sites (tertiary alicyclic amines) is 1. The maximum atomic E-state index is 12.3. The summed E-state index contributed by atoms with van der Waals surface area (Å²) in [4.78, 5) is 25.0. The molecule has 0 aliphatic carbocycles. The molecule has 1 aromatic carbocycles. The number of rotatable bonds is 3. The van der Waals surface area contributed by atoms with Gasteiger partial charge < -0.3 is 15.1 Å². The van der Waals surface area contributed by atoms with Crippen molar-refractivity contribution in [2.75, 3.05) is 6.54 Å². The molecule has 0 aromatic heterocycles. The van der Waals surface area contributed by atoms with Crippen molar-refractivity contribution in [2.45, 2.75) is 32.2 Å². The molecule has 1 aliphatic rings. The third-order valence-electron chi connectivity index (χ3n) is 3.76. The Morgan fingerprint density at radius 2 is 1.95 bits per heavy atom. The minimum atomic E-state index is -0.935. The predicted molar refractivity (Wildman–Crippen MR) is 73.3 cm³/mol. The van der Waals surface area contributed by atoms with Gasteiger partial charge in [-0.25, -0.2) is 4.79 Å². The zero-order valence-corrected chi connectivity index (χ0v) is 11.5. The molecule has 2 atom stereocenters. The standard InChI is InChI=1S/C15H19NO4/c1-10-6-7-16(13(8-10)15(19)20)14(18)9-11-2-4-12(17)5-3-11/h2-5,10,13,17H,6-9H2,1H3,(H,19,20). The van der Waals surface area contributed by atoms with Crippen molar-refractivity contribution in [3.05, 3.63) is 29.8 Å². The maximum absolute atomic E-state index is 12.3. The summed E-state index contributed by atoms with van der Waals surface area (Å²) >= 11 is 0. The number of phenols is 1. The van der Waals surface area contributed by atoms with Crippen molar-refractivity contribution in [2.24, 2.45) is 5.92 Å². The first kappa shape index (κ1) is 14.4. The topological polar surface area (TPSA) is 77.8 Å². The first-order valence-electron chi connectivity index (χ1n) is 6.77. The van der Waals surface area contributed by atoms with E-state index >= 15 is 0 Å². The monoisotopic (exact) mass is 277 g/mol. The number of carboxylic acids is 1. The highest BCUT2D eigenvalue weighted by Crippen LogP contribution is 2.23. The van der Waals surface area contributed by atoms with E-state index in [9.17, 15) is 19.8 Å². The summed E-state index contributed by atoms with van der Waals surface area (Å²) in [5.74, 6) is -0.629. The average Bonchev–Trinajstić information content (AvgIpc) is 2.41. The van der Waals surface area contributed by atoms with Gasteiger partial charge in [-0.15, -0.1) is 0 Å². The Bertz CT molecular complexity index is 497. The number of nitrogens with zero attached hydrogens (tertiary/aromatic N) is 1. The molecule has 1 amide bonds. The van der Waals surface area contributed by atoms with Gasteiger partial charge in [0, 0.05) is 6.54 Å². The van der Waals surface area contributed by atoms with E-state index in [1.54, 1.807) is 12.1 Å². The Labute approximate surface area is 117 Å². The number of carboxylic acid groups (broad SMARTS) is 1. The minimum absolute atomic E-state index is 0.149. The van der Waals surface area contributed by atoms with Gasteiger partial charge in [-0.1, -0.05) is 19.1 Å². The van der Waals surface area contributed by atoms with Crippen molar-refractivity contribution in [1.82, 2.24) is 4.90 Å². The second kappa shape index (κ2) is 5.94. The summed E-state index contributed by atoms with van der Waals surface area (Å²) < 4.78 is 0. The third-order valence-corrected chi connectivity index (χ3v) is 3.76. The van der Waals surface area contributed by atoms with Crippen LogP contribution in [0, 0.1) is 5.92 Å². The lowest BCUT2D eigenvalue weighted by Crippen LogP contribution is -2.50. The van der Waals surface area contributed by atoms with Gasteiger partial charge in [0.05, 0.1) is 6.42 Å². The highest BCUT2D eigenvalue weighted by molar-refractivity contribution is 5.85. The number of hydrogen-bond acceptors (Lipinski definition) is 3. The van der Waals surface area contributed by atoms with Gasteiger partial charge in [0.1, 0.15) is 11.8 Å². The number of hydrogen-bond donors (Lipinski definition) is 2. The van der Waals surface area contributed by atoms with Crippen LogP contribution in [0.1, 0.15) is 25.3 Å². The molecule has 1 saturated heterocycles. The molecular weight excluding hydrogens is 258 g/mol. The van der Waals surface area contributed by atoms with E-state index in [0.717, 1.165) is 12.0 Å². The second-order valence-electron chi connectivity index (χ2n) is 5.41. The van der Waals surface area contributed by atoms with Gasteiger partial charge in [-0.3, -0.25) is 4.79 Å². The molecule has 1 aliphatic heterocycles. The summed E-state index contributed by atoms with van der Waals surface area (Å²) in [7, 11) is 0. The molecule has 20 heavy (non-hydrogen) atoms. The third kappa shape index (κ3) is 3.29. The average molecular weight is 277 g/mol. The smallest absolute Gasteiger partial charge is 0.326 e. The van der Waals surface area contributed by atoms with Crippen molar-refractivity contribution in [1.29, 1.82) is 0 Å². The Kier molecular flexibility index (Phi) is 4.27. The normalized spacial score (nSPS) is 22.6. The van der Waals surface area contributed by atoms with Crippen LogP contribution in [-0.2, 0) is 16.0 Å². The first-order chi connectivity index (χ1) is 9.47. The number of carbonyl (C=O) groups is 2. The lowest BCUT2D eigenvalue weighted by molar-refractivity contribution is -0.152. The molecular formula is C15H19NO4. The fraction of sp³-hybridized carbons (Fsp3) is 0.467. The lowest BCUT2D eigenvalue weighted by Gasteiger charge is -2.36. The molecule has 0 spiro atoms. The Morgan fingerprint density at radius 1 is 1.30 bits per heavy atom. The second-order valence-corrected chi connectivity index (χ2v) is 5.41. The molecule has 0 bridgehead atoms. The first-order valence-corrected chi connectivity index (χ1v) is 6.77. The molecule has 2 unspecified atom stereocenters. The zero-order chi connectivity index (χ0) is 14.7. The zero-order valence-electron chi connectivity index (χ0n) is 11.5. The SMILES string of the molecule is CC1CCN(C(=O)Cc2ccc(O)cc2)C(C(=O)O)C1. The van der Waals surface area contributed by atoms with E-state index in [4.69, 9.17) is 0 Å². The summed E-state index contributed by atoms with van der Waals surface area (Å²) in [6, 6.07) is 5.68. The summed E-state index contributed by atoms with van der Waals surface area (Å²) in [6.07, 6.45) is 1.51. The van der Waals surface area contributed by atoms with E-state index in [0.29, 0.717) is 18.9 Å². The number of carbonyl (C=O) groups excluding carboxylic acids is 1. The molecule has 1 fully saturated rings. The molecule has 1 heterocycles. The van der Waals surface area contributed by atoms with Crippen LogP contribution in [0.25, 0.3) is 0 Å². The predicted octanol–water partition coefficient (Wildman–Crippen LogP) is 1.65. The van der Waals surface area contributed by atoms with E-state index in [-0.39, 0.29) is 18.1 Å². The van der Waals surface area contributed by atoms with Crippen LogP contribution in [0.4, 0.5) is 0 Å². The fourth-order valence-corrected chi connectivity index (χ4v) is 2.56. The summed E-state index contributed by atoms with van der Waals surface area (Å²) in [6.45, 7) is 2.51. The van der Waals surface area contributed by atoms with E-state index < -0.39 is 12.0 Å². The van der Waals surface area contributed by atoms with Crippen LogP contribution in [-0.4, -0.2) is 39.6 Å². The Hall–Kier alpha value is -2.04. The van der Waals surface area contributed by atoms with Crippen LogP contribution in [0.15, 0.2) is 24.3 Å². The van der Waals surface area contributed by atoms with Crippen molar-refractivity contribution >= 4 is 11.9 Å². The minimum Gasteiger partial charge on any atom is -0.508 e. The van der Waals surface area contributed by atoms with Crippen LogP contribution in [0.3, 0.4) is 0 Å². The van der Waals surface area contributed by atoms with Gasteiger partial charge in [-0.05, 0) is 36.5 Å². The molecule has 2 N–H and O–H groups in total. The number of benzene rings is 1. The maximum Gasteiger partial charge on any atom is 0.326 e. The van der Waals surface area contributed by atoms with Gasteiger partial charge >= 0.3 is 5.97 Å². The number of phenolic OH excluding ortho intramolecular Hbond substituents is 1. The van der Waals surface area contributed by atoms with Crippen LogP contribution >= 0.6 is 0 Å². The van der Waals surface area contributed by atoms with E-state index in [1.165, 1.54) is 17.0 Å². The number of aromatic hydroxyl groups is 1. The molecule has 2 rings (SSSR count). The van der Waals surface area contributed by atoms with Crippen LogP contribution in [0.2, 0.25) is 0 Å². The number of piperidine rings is 1. The van der Waals surface area contributed by atoms with Crippen LogP contribution < -0.4 is 0 Å². The van der Waals surface area contributed by atoms with Crippen molar-refractivity contribution < 1.29 is 19.8 Å². The fourth-order valence-electron chi connectivity index (χ4n) is 2.56. The number of aliphatic carboxylic acids is 1. The highest BCUT2D eigenvalue weighted by atomic mass is 16.4. The summed E-state index contributed by atoms with van der Waals surface area (Å²) in [5.41, 5.74) is 0.774. The molecule has 1 aromatic rings. The van der Waals surface area contributed by atoms with Gasteiger partial charge in [0.25, 0.3) is 0 Å². The molecule has 5 heteroatoms. The summed E-state index contributed by atoms with van der Waals surface area (Å²) in [5, 5.41) is 18.5. The van der Waals surface area contributed by atoms with Crippen molar-refractivity contribution in [3.63, 3.8) is 0 Å². The van der Waals surface area contributed by atoms with Gasteiger partial charge in [0.15, 0.2) is 0 Å². The van der Waals surface area contributed by atoms with Gasteiger partial charge in [-0.2, -0.15) is 0 Å². The van der Waals surface area contributed by atoms with Crippen molar-refractivity contribution in [3.8, 4) is 5.75 Å². The molecule has 0 saturated carbocycles.